The third kappa shape index (κ3) is 5.49. The second-order valence-electron chi connectivity index (χ2n) is 8.01. The molecule has 0 bridgehead atoms. The number of hydrogen-bond acceptors (Lipinski definition) is 10. The number of nitrogens with zero attached hydrogens (tertiary/aromatic N) is 6. The Morgan fingerprint density at radius 1 is 1.16 bits per heavy atom. The van der Waals surface area contributed by atoms with Crippen molar-refractivity contribution in [1.82, 2.24) is 24.7 Å². The summed E-state index contributed by atoms with van der Waals surface area (Å²) in [6, 6.07) is 6.75. The van der Waals surface area contributed by atoms with E-state index in [0.29, 0.717) is 29.1 Å². The predicted octanol–water partition coefficient (Wildman–Crippen LogP) is 3.17. The molecule has 0 aromatic carbocycles. The van der Waals surface area contributed by atoms with Crippen molar-refractivity contribution >= 4 is 39.5 Å². The molecule has 3 aromatic rings. The Kier molecular flexibility index (Phi) is 8.17. The zero-order valence-corrected chi connectivity index (χ0v) is 22.1. The van der Waals surface area contributed by atoms with Gasteiger partial charge in [0.1, 0.15) is 28.3 Å². The summed E-state index contributed by atoms with van der Waals surface area (Å²) >= 11 is 5.89. The molecule has 3 atom stereocenters. The molecule has 1 unspecified atom stereocenters. The highest BCUT2D eigenvalue weighted by atomic mass is 35.5. The van der Waals surface area contributed by atoms with E-state index in [1.54, 1.807) is 50.0 Å². The minimum Gasteiger partial charge on any atom is -0.480 e. The predicted molar refractivity (Wildman–Crippen MR) is 138 cm³/mol. The number of nitrogens with one attached hydrogen (secondary N) is 1. The van der Waals surface area contributed by atoms with E-state index in [4.69, 9.17) is 25.8 Å². The SMILES string of the molecule is COC1=C(n2c(NS(=O)(=O)[C@@H](C)[C@H](OC)c3ccc(Cl)nc3)nnc2-c2cccnc2)C(OC)CC=N1. The summed E-state index contributed by atoms with van der Waals surface area (Å²) in [5.74, 6) is 0.490. The van der Waals surface area contributed by atoms with Gasteiger partial charge in [-0.3, -0.25) is 14.3 Å². The van der Waals surface area contributed by atoms with Gasteiger partial charge in [0, 0.05) is 56.6 Å². The molecule has 0 saturated carbocycles. The smallest absolute Gasteiger partial charge is 0.243 e. The third-order valence-electron chi connectivity index (χ3n) is 5.84. The summed E-state index contributed by atoms with van der Waals surface area (Å²) < 4.78 is 48.0. The minimum atomic E-state index is -4.08. The maximum Gasteiger partial charge on any atom is 0.243 e. The van der Waals surface area contributed by atoms with Crippen molar-refractivity contribution < 1.29 is 22.6 Å². The number of ether oxygens (including phenoxy) is 3. The Balaban J connectivity index is 1.80. The van der Waals surface area contributed by atoms with E-state index in [0.717, 1.165) is 0 Å². The average Bonchev–Trinajstić information content (AvgIpc) is 3.32. The van der Waals surface area contributed by atoms with Crippen LogP contribution in [-0.4, -0.2) is 72.0 Å². The number of anilines is 1. The standard InChI is InChI=1S/C23H26ClN7O5S/c1-14(20(35-3)15-7-8-18(24)27-13-15)37(32,33)30-23-29-28-21(16-6-5-10-25-12-16)31(23)19-17(34-2)9-11-26-22(19)36-4/h5-8,10-14,17,20H,9H2,1-4H3,(H,29,30)/t14-,17?,20-/m0/s1. The fourth-order valence-electron chi connectivity index (χ4n) is 3.95. The third-order valence-corrected chi connectivity index (χ3v) is 7.75. The lowest BCUT2D eigenvalue weighted by molar-refractivity contribution is 0.102. The van der Waals surface area contributed by atoms with Gasteiger partial charge in [-0.15, -0.1) is 10.2 Å². The van der Waals surface area contributed by atoms with Gasteiger partial charge < -0.3 is 14.2 Å². The molecule has 37 heavy (non-hydrogen) atoms. The van der Waals surface area contributed by atoms with Crippen LogP contribution in [0.4, 0.5) is 5.95 Å². The van der Waals surface area contributed by atoms with Crippen LogP contribution in [0.2, 0.25) is 5.15 Å². The second kappa shape index (κ2) is 11.3. The molecule has 0 spiro atoms. The quantitative estimate of drug-likeness (QED) is 0.378. The first-order valence-electron chi connectivity index (χ1n) is 11.2. The van der Waals surface area contributed by atoms with Gasteiger partial charge in [0.2, 0.25) is 21.9 Å². The van der Waals surface area contributed by atoms with Crippen molar-refractivity contribution in [2.24, 2.45) is 4.99 Å². The van der Waals surface area contributed by atoms with Crippen molar-refractivity contribution in [3.8, 4) is 11.4 Å². The molecule has 0 saturated heterocycles. The molecule has 14 heteroatoms. The summed E-state index contributed by atoms with van der Waals surface area (Å²) in [5, 5.41) is 7.67. The maximum absolute atomic E-state index is 13.6. The molecular weight excluding hydrogens is 522 g/mol. The topological polar surface area (TPSA) is 143 Å². The molecule has 0 aliphatic carbocycles. The maximum atomic E-state index is 13.6. The number of aliphatic imine (C=N–C) groups is 1. The summed E-state index contributed by atoms with van der Waals surface area (Å²) in [5.41, 5.74) is 1.59. The summed E-state index contributed by atoms with van der Waals surface area (Å²) in [7, 11) is 0.354. The van der Waals surface area contributed by atoms with Crippen molar-refractivity contribution in [3.63, 3.8) is 0 Å². The first kappa shape index (κ1) is 26.7. The zero-order chi connectivity index (χ0) is 26.6. The normalized spacial score (nSPS) is 17.5. The van der Waals surface area contributed by atoms with Gasteiger partial charge in [0.05, 0.1) is 7.11 Å². The number of pyridine rings is 2. The van der Waals surface area contributed by atoms with E-state index in [9.17, 15) is 8.42 Å². The van der Waals surface area contributed by atoms with Crippen LogP contribution < -0.4 is 4.72 Å². The molecule has 3 aromatic heterocycles. The van der Waals surface area contributed by atoms with Gasteiger partial charge in [-0.2, -0.15) is 0 Å². The van der Waals surface area contributed by atoms with Crippen LogP contribution in [0.15, 0.2) is 53.7 Å². The number of rotatable bonds is 10. The van der Waals surface area contributed by atoms with Gasteiger partial charge in [-0.25, -0.2) is 18.4 Å². The van der Waals surface area contributed by atoms with E-state index >= 15 is 0 Å². The highest BCUT2D eigenvalue weighted by Gasteiger charge is 2.35. The second-order valence-corrected chi connectivity index (χ2v) is 10.4. The van der Waals surface area contributed by atoms with Crippen LogP contribution in [0.1, 0.15) is 25.0 Å². The molecule has 0 amide bonds. The largest absolute Gasteiger partial charge is 0.480 e. The average molecular weight is 548 g/mol. The van der Waals surface area contributed by atoms with Crippen LogP contribution in [0.25, 0.3) is 17.1 Å². The fraction of sp³-hybridized carbons (Fsp3) is 0.348. The van der Waals surface area contributed by atoms with Gasteiger partial charge in [-0.1, -0.05) is 17.7 Å². The molecule has 196 valence electrons. The Morgan fingerprint density at radius 2 is 1.97 bits per heavy atom. The lowest BCUT2D eigenvalue weighted by atomic mass is 10.1. The van der Waals surface area contributed by atoms with E-state index < -0.39 is 27.5 Å². The van der Waals surface area contributed by atoms with E-state index in [2.05, 4.69) is 29.9 Å². The molecule has 1 aliphatic rings. The monoisotopic (exact) mass is 547 g/mol. The van der Waals surface area contributed by atoms with E-state index in [-0.39, 0.29) is 17.0 Å². The van der Waals surface area contributed by atoms with Gasteiger partial charge in [-0.05, 0) is 25.1 Å². The first-order valence-corrected chi connectivity index (χ1v) is 13.1. The number of sulfonamides is 1. The Hall–Kier alpha value is -3.39. The highest BCUT2D eigenvalue weighted by molar-refractivity contribution is 7.93. The summed E-state index contributed by atoms with van der Waals surface area (Å²) in [6.45, 7) is 1.52. The minimum absolute atomic E-state index is 0.0708. The molecule has 4 rings (SSSR count). The lowest BCUT2D eigenvalue weighted by Crippen LogP contribution is -2.33. The van der Waals surface area contributed by atoms with Crippen LogP contribution in [0, 0.1) is 0 Å². The Morgan fingerprint density at radius 3 is 2.59 bits per heavy atom. The fourth-order valence-corrected chi connectivity index (χ4v) is 5.23. The van der Waals surface area contributed by atoms with Gasteiger partial charge in [0.15, 0.2) is 5.82 Å². The number of aromatic nitrogens is 5. The number of halogens is 1. The van der Waals surface area contributed by atoms with Crippen molar-refractivity contribution in [3.05, 3.63) is 59.5 Å². The number of hydrogen-bond donors (Lipinski definition) is 1. The van der Waals surface area contributed by atoms with Crippen LogP contribution >= 0.6 is 11.6 Å². The summed E-state index contributed by atoms with van der Waals surface area (Å²) in [4.78, 5) is 12.5. The molecule has 12 nitrogen and oxygen atoms in total. The zero-order valence-electron chi connectivity index (χ0n) is 20.6. The van der Waals surface area contributed by atoms with E-state index in [1.807, 2.05) is 0 Å². The van der Waals surface area contributed by atoms with Gasteiger partial charge >= 0.3 is 0 Å². The highest BCUT2D eigenvalue weighted by Crippen LogP contribution is 2.34. The molecule has 0 radical (unpaired) electrons. The Labute approximate surface area is 219 Å². The van der Waals surface area contributed by atoms with Crippen molar-refractivity contribution in [2.45, 2.75) is 30.8 Å². The van der Waals surface area contributed by atoms with Crippen LogP contribution in [0.5, 0.6) is 0 Å². The van der Waals surface area contributed by atoms with Gasteiger partial charge in [0.25, 0.3) is 0 Å². The number of methoxy groups -OCH3 is 3. The van der Waals surface area contributed by atoms with E-state index in [1.165, 1.54) is 31.9 Å². The molecule has 0 fully saturated rings. The van der Waals surface area contributed by atoms with Crippen molar-refractivity contribution in [2.75, 3.05) is 26.1 Å². The molecule has 1 N–H and O–H groups in total. The first-order chi connectivity index (χ1) is 17.8. The van der Waals surface area contributed by atoms with Crippen LogP contribution in [-0.2, 0) is 24.2 Å². The molecule has 4 heterocycles. The Bertz CT molecular complexity index is 1390. The van der Waals surface area contributed by atoms with Crippen LogP contribution in [0.3, 0.4) is 0 Å². The molecule has 1 aliphatic heterocycles. The van der Waals surface area contributed by atoms with Crippen molar-refractivity contribution in [1.29, 1.82) is 0 Å². The summed E-state index contributed by atoms with van der Waals surface area (Å²) in [6.07, 6.45) is 5.44. The lowest BCUT2D eigenvalue weighted by Gasteiger charge is -2.26. The molecular formula is C23H26ClN7O5S.